The lowest BCUT2D eigenvalue weighted by atomic mass is 10.1. The first-order valence-electron chi connectivity index (χ1n) is 10.9. The van der Waals surface area contributed by atoms with Gasteiger partial charge in [0.25, 0.3) is 5.91 Å². The minimum absolute atomic E-state index is 0.0293. The molecule has 3 heterocycles. The van der Waals surface area contributed by atoms with Crippen molar-refractivity contribution in [3.63, 3.8) is 0 Å². The van der Waals surface area contributed by atoms with Crippen LogP contribution in [0.3, 0.4) is 0 Å². The number of nitrogens with zero attached hydrogens (tertiary/aromatic N) is 5. The first kappa shape index (κ1) is 21.9. The highest BCUT2D eigenvalue weighted by atomic mass is 32.1. The normalized spacial score (nSPS) is 15.0. The van der Waals surface area contributed by atoms with E-state index in [4.69, 9.17) is 9.72 Å². The smallest absolute Gasteiger partial charge is 0.250 e. The van der Waals surface area contributed by atoms with Crippen molar-refractivity contribution < 1.29 is 9.53 Å². The third-order valence-corrected chi connectivity index (χ3v) is 6.92. The first-order valence-corrected chi connectivity index (χ1v) is 11.7. The van der Waals surface area contributed by atoms with Crippen molar-refractivity contribution in [3.05, 3.63) is 40.7 Å². The number of morpholine rings is 1. The number of carbonyl (C=O) groups is 1. The van der Waals surface area contributed by atoms with Crippen molar-refractivity contribution in [1.82, 2.24) is 19.7 Å². The van der Waals surface area contributed by atoms with E-state index < -0.39 is 0 Å². The zero-order chi connectivity index (χ0) is 22.0. The molecular weight excluding hydrogens is 410 g/mol. The fourth-order valence-electron chi connectivity index (χ4n) is 4.13. The second-order valence-electron chi connectivity index (χ2n) is 8.36. The molecule has 1 saturated heterocycles. The Morgan fingerprint density at radius 2 is 1.94 bits per heavy atom. The van der Waals surface area contributed by atoms with Gasteiger partial charge in [0.1, 0.15) is 6.54 Å². The number of anilines is 1. The fraction of sp³-hybridized carbons (Fsp3) is 0.522. The maximum Gasteiger partial charge on any atom is 0.250 e. The minimum Gasteiger partial charge on any atom is -0.379 e. The highest BCUT2D eigenvalue weighted by Crippen LogP contribution is 2.32. The summed E-state index contributed by atoms with van der Waals surface area (Å²) < 4.78 is 8.38. The predicted molar refractivity (Wildman–Crippen MR) is 125 cm³/mol. The molecule has 8 heteroatoms. The summed E-state index contributed by atoms with van der Waals surface area (Å²) in [6.45, 7) is 13.4. The van der Waals surface area contributed by atoms with Crippen molar-refractivity contribution in [2.45, 2.75) is 40.7 Å². The van der Waals surface area contributed by atoms with Crippen LogP contribution in [0.1, 0.15) is 28.9 Å². The monoisotopic (exact) mass is 441 g/mol. The molecule has 1 amide bonds. The van der Waals surface area contributed by atoms with Crippen molar-refractivity contribution in [1.29, 1.82) is 0 Å². The zero-order valence-electron chi connectivity index (χ0n) is 18.8. The number of fused-ring (bicyclic) bond motifs is 1. The van der Waals surface area contributed by atoms with Crippen LogP contribution in [0, 0.1) is 27.7 Å². The van der Waals surface area contributed by atoms with Gasteiger partial charge in [-0.25, -0.2) is 4.98 Å². The van der Waals surface area contributed by atoms with Gasteiger partial charge in [0.2, 0.25) is 0 Å². The molecule has 1 fully saturated rings. The second-order valence-corrected chi connectivity index (χ2v) is 9.34. The van der Waals surface area contributed by atoms with Gasteiger partial charge >= 0.3 is 0 Å². The molecular formula is C23H31N5O2S. The molecule has 31 heavy (non-hydrogen) atoms. The number of aryl methyl sites for hydroxylation is 4. The summed E-state index contributed by atoms with van der Waals surface area (Å²) >= 11 is 1.61. The summed E-state index contributed by atoms with van der Waals surface area (Å²) in [4.78, 5) is 22.5. The maximum atomic E-state index is 13.4. The van der Waals surface area contributed by atoms with E-state index in [2.05, 4.69) is 36.0 Å². The largest absolute Gasteiger partial charge is 0.379 e. The van der Waals surface area contributed by atoms with E-state index in [1.54, 1.807) is 16.0 Å². The van der Waals surface area contributed by atoms with E-state index in [1.807, 2.05) is 24.8 Å². The van der Waals surface area contributed by atoms with Gasteiger partial charge in [-0.1, -0.05) is 17.4 Å². The lowest BCUT2D eigenvalue weighted by Crippen LogP contribution is -2.40. The second kappa shape index (κ2) is 9.46. The number of ether oxygens (including phenoxy) is 1. The summed E-state index contributed by atoms with van der Waals surface area (Å²) in [5, 5.41) is 5.25. The molecule has 0 spiro atoms. The van der Waals surface area contributed by atoms with Crippen LogP contribution in [0.2, 0.25) is 0 Å². The Labute approximate surface area is 187 Å². The summed E-state index contributed by atoms with van der Waals surface area (Å²) in [5.41, 5.74) is 5.28. The van der Waals surface area contributed by atoms with Crippen LogP contribution in [0.5, 0.6) is 0 Å². The van der Waals surface area contributed by atoms with Crippen molar-refractivity contribution >= 4 is 32.6 Å². The Hall–Kier alpha value is -2.29. The molecule has 3 aromatic rings. The molecule has 0 N–H and O–H groups in total. The van der Waals surface area contributed by atoms with E-state index in [-0.39, 0.29) is 12.5 Å². The molecule has 0 atom stereocenters. The lowest BCUT2D eigenvalue weighted by molar-refractivity contribution is -0.119. The van der Waals surface area contributed by atoms with Gasteiger partial charge in [0.05, 0.1) is 29.1 Å². The lowest BCUT2D eigenvalue weighted by Gasteiger charge is -2.27. The fourth-order valence-corrected chi connectivity index (χ4v) is 5.19. The van der Waals surface area contributed by atoms with Crippen molar-refractivity contribution in [2.24, 2.45) is 0 Å². The Morgan fingerprint density at radius 3 is 2.65 bits per heavy atom. The highest BCUT2D eigenvalue weighted by Gasteiger charge is 2.22. The topological polar surface area (TPSA) is 63.5 Å². The number of rotatable bonds is 7. The molecule has 1 aliphatic heterocycles. The number of thiazole rings is 1. The number of amides is 1. The Bertz CT molecular complexity index is 1070. The van der Waals surface area contributed by atoms with Crippen LogP contribution < -0.4 is 4.90 Å². The predicted octanol–water partition coefficient (Wildman–Crippen LogP) is 3.48. The molecule has 0 aliphatic carbocycles. The van der Waals surface area contributed by atoms with Gasteiger partial charge in [-0.3, -0.25) is 19.3 Å². The van der Waals surface area contributed by atoms with Gasteiger partial charge < -0.3 is 4.74 Å². The number of aromatic nitrogens is 3. The molecule has 0 radical (unpaired) electrons. The molecule has 4 rings (SSSR count). The molecule has 1 aliphatic rings. The van der Waals surface area contributed by atoms with Gasteiger partial charge in [0, 0.05) is 31.9 Å². The van der Waals surface area contributed by atoms with Gasteiger partial charge in [-0.15, -0.1) is 0 Å². The molecule has 2 aromatic heterocycles. The average molecular weight is 442 g/mol. The third-order valence-electron chi connectivity index (χ3n) is 5.69. The quantitative estimate of drug-likeness (QED) is 0.562. The Kier molecular flexibility index (Phi) is 6.69. The van der Waals surface area contributed by atoms with Crippen LogP contribution in [0.4, 0.5) is 5.13 Å². The summed E-state index contributed by atoms with van der Waals surface area (Å²) in [5.74, 6) is 0.0293. The van der Waals surface area contributed by atoms with Crippen LogP contribution >= 0.6 is 11.3 Å². The molecule has 7 nitrogen and oxygen atoms in total. The van der Waals surface area contributed by atoms with E-state index in [1.165, 1.54) is 11.1 Å². The molecule has 166 valence electrons. The van der Waals surface area contributed by atoms with Crippen LogP contribution in [-0.4, -0.2) is 65.0 Å². The standard InChI is InChI=1S/C23H31N5O2S/c1-16-12-17(2)22-20(13-16)24-23(31-22)27(7-5-6-26-8-10-30-11-9-26)21(29)15-28-19(4)14-18(3)25-28/h12-14H,5-11,15H2,1-4H3. The third kappa shape index (κ3) is 5.14. The SMILES string of the molecule is Cc1cc(C)c2sc(N(CCCN3CCOCC3)C(=O)Cn3nc(C)cc3C)nc2c1. The average Bonchev–Trinajstić information content (AvgIpc) is 3.28. The van der Waals surface area contributed by atoms with Crippen molar-refractivity contribution in [2.75, 3.05) is 44.3 Å². The molecule has 1 aromatic carbocycles. The molecule has 0 bridgehead atoms. The summed E-state index contributed by atoms with van der Waals surface area (Å²) in [7, 11) is 0. The number of benzene rings is 1. The van der Waals surface area contributed by atoms with E-state index in [9.17, 15) is 4.79 Å². The van der Waals surface area contributed by atoms with Gasteiger partial charge in [-0.2, -0.15) is 5.10 Å². The number of hydrogen-bond acceptors (Lipinski definition) is 6. The molecule has 0 saturated carbocycles. The summed E-state index contributed by atoms with van der Waals surface area (Å²) in [6.07, 6.45) is 0.900. The van der Waals surface area contributed by atoms with E-state index >= 15 is 0 Å². The molecule has 0 unspecified atom stereocenters. The highest BCUT2D eigenvalue weighted by molar-refractivity contribution is 7.22. The Morgan fingerprint density at radius 1 is 1.16 bits per heavy atom. The van der Waals surface area contributed by atoms with Gasteiger partial charge in [-0.05, 0) is 57.4 Å². The van der Waals surface area contributed by atoms with Crippen LogP contribution in [0.25, 0.3) is 10.2 Å². The van der Waals surface area contributed by atoms with Crippen LogP contribution in [-0.2, 0) is 16.1 Å². The minimum atomic E-state index is 0.0293. The zero-order valence-corrected chi connectivity index (χ0v) is 19.7. The van der Waals surface area contributed by atoms with E-state index in [0.717, 1.165) is 66.0 Å². The summed E-state index contributed by atoms with van der Waals surface area (Å²) in [6, 6.07) is 6.27. The number of carbonyl (C=O) groups excluding carboxylic acids is 1. The van der Waals surface area contributed by atoms with Gasteiger partial charge in [0.15, 0.2) is 5.13 Å². The van der Waals surface area contributed by atoms with Crippen molar-refractivity contribution in [3.8, 4) is 0 Å². The van der Waals surface area contributed by atoms with Crippen LogP contribution in [0.15, 0.2) is 18.2 Å². The number of hydrogen-bond donors (Lipinski definition) is 0. The van der Waals surface area contributed by atoms with E-state index in [0.29, 0.717) is 6.54 Å². The maximum absolute atomic E-state index is 13.4. The first-order chi connectivity index (χ1) is 14.9. The Balaban J connectivity index is 1.56.